The number of halogens is 5. The molecule has 1 aromatic heterocycles. The first kappa shape index (κ1) is 29.8. The topological polar surface area (TPSA) is 107 Å². The number of alkyl halides is 5. The zero-order valence-corrected chi connectivity index (χ0v) is 23.6. The van der Waals surface area contributed by atoms with Gasteiger partial charge >= 0.3 is 12.8 Å². The van der Waals surface area contributed by atoms with Crippen molar-refractivity contribution in [1.82, 2.24) is 25.5 Å². The minimum atomic E-state index is -4.81. The largest absolute Gasteiger partial charge is 0.433 e. The van der Waals surface area contributed by atoms with E-state index in [-0.39, 0.29) is 35.2 Å². The average Bonchev–Trinajstić information content (AvgIpc) is 3.39. The molecule has 44 heavy (non-hydrogen) atoms. The van der Waals surface area contributed by atoms with Gasteiger partial charge in [-0.3, -0.25) is 9.69 Å². The van der Waals surface area contributed by atoms with E-state index >= 15 is 0 Å². The number of piperazine rings is 1. The molecule has 10 nitrogen and oxygen atoms in total. The Hall–Kier alpha value is -4.24. The fourth-order valence-electron chi connectivity index (χ4n) is 5.92. The van der Waals surface area contributed by atoms with E-state index in [2.05, 4.69) is 41.0 Å². The molecular weight excluding hydrogens is 587 g/mol. The van der Waals surface area contributed by atoms with Crippen molar-refractivity contribution in [3.8, 4) is 5.75 Å². The summed E-state index contributed by atoms with van der Waals surface area (Å²) in [7, 11) is 0. The molecule has 3 aliphatic heterocycles. The van der Waals surface area contributed by atoms with E-state index < -0.39 is 30.1 Å². The number of ether oxygens (including phenoxy) is 1. The van der Waals surface area contributed by atoms with Crippen molar-refractivity contribution in [2.75, 3.05) is 54.8 Å². The van der Waals surface area contributed by atoms with Crippen LogP contribution in [0.4, 0.5) is 50.8 Å². The molecule has 0 bridgehead atoms. The second-order valence-corrected chi connectivity index (χ2v) is 10.8. The summed E-state index contributed by atoms with van der Waals surface area (Å²) in [6.07, 6.45) is -2.35. The van der Waals surface area contributed by atoms with Gasteiger partial charge in [0.2, 0.25) is 5.95 Å². The number of piperidine rings is 1. The standard InChI is InChI=1S/C29H31F5N8O2/c30-27(31)44-23-14-19(41-10-6-18(7-11-41)42-12-8-35-9-13-42)4-5-21(23)39-28-37-16-20(29(32,33)34)25(40-28)38-22-3-1-2-17-15-36-26(43)24(17)22/h1-5,14,16,18,27,35H,6-13,15H2,(H,36,43)(H2,37,38,39,40). The smallest absolute Gasteiger partial charge is 0.421 e. The lowest BCUT2D eigenvalue weighted by Gasteiger charge is -2.41. The highest BCUT2D eigenvalue weighted by atomic mass is 19.4. The Morgan fingerprint density at radius 3 is 2.50 bits per heavy atom. The van der Waals surface area contributed by atoms with Gasteiger partial charge in [-0.2, -0.15) is 26.9 Å². The highest BCUT2D eigenvalue weighted by molar-refractivity contribution is 6.04. The number of rotatable bonds is 8. The van der Waals surface area contributed by atoms with E-state index in [0.717, 1.165) is 52.1 Å². The first-order valence-corrected chi connectivity index (χ1v) is 14.3. The number of fused-ring (bicyclic) bond motifs is 1. The number of hydrogen-bond acceptors (Lipinski definition) is 9. The van der Waals surface area contributed by atoms with E-state index in [9.17, 15) is 26.7 Å². The van der Waals surface area contributed by atoms with Crippen molar-refractivity contribution in [2.24, 2.45) is 0 Å². The minimum absolute atomic E-state index is 0.0513. The van der Waals surface area contributed by atoms with Crippen LogP contribution in [0.15, 0.2) is 42.6 Å². The molecule has 1 amide bonds. The van der Waals surface area contributed by atoms with Crippen LogP contribution in [0, 0.1) is 0 Å². The SMILES string of the molecule is O=C1NCc2cccc(Nc3nc(Nc4ccc(N5CCC(N6CCNCC6)CC5)cc4OC(F)F)ncc3C(F)(F)F)c21. The molecule has 0 spiro atoms. The van der Waals surface area contributed by atoms with Gasteiger partial charge in [-0.25, -0.2) is 4.98 Å². The van der Waals surface area contributed by atoms with Crippen LogP contribution < -0.4 is 30.9 Å². The van der Waals surface area contributed by atoms with E-state index in [4.69, 9.17) is 4.74 Å². The molecule has 0 saturated carbocycles. The van der Waals surface area contributed by atoms with Gasteiger partial charge in [0.05, 0.1) is 16.9 Å². The fourth-order valence-corrected chi connectivity index (χ4v) is 5.92. The van der Waals surface area contributed by atoms with Crippen LogP contribution in [0.3, 0.4) is 0 Å². The number of anilines is 5. The molecule has 15 heteroatoms. The number of benzene rings is 2. The lowest BCUT2D eigenvalue weighted by Crippen LogP contribution is -2.52. The number of hydrogen-bond donors (Lipinski definition) is 4. The van der Waals surface area contributed by atoms with Crippen molar-refractivity contribution < 1.29 is 31.5 Å². The number of nitrogens with zero attached hydrogens (tertiary/aromatic N) is 4. The molecule has 3 aliphatic rings. The minimum Gasteiger partial charge on any atom is -0.433 e. The van der Waals surface area contributed by atoms with Gasteiger partial charge in [-0.1, -0.05) is 12.1 Å². The van der Waals surface area contributed by atoms with Crippen LogP contribution in [-0.4, -0.2) is 72.7 Å². The zero-order valence-electron chi connectivity index (χ0n) is 23.6. The molecule has 0 aliphatic carbocycles. The summed E-state index contributed by atoms with van der Waals surface area (Å²) in [5, 5.41) is 11.3. The molecule has 4 heterocycles. The summed E-state index contributed by atoms with van der Waals surface area (Å²) in [4.78, 5) is 24.7. The van der Waals surface area contributed by atoms with Crippen LogP contribution in [0.2, 0.25) is 0 Å². The monoisotopic (exact) mass is 618 g/mol. The van der Waals surface area contributed by atoms with Crippen LogP contribution in [-0.2, 0) is 12.7 Å². The van der Waals surface area contributed by atoms with E-state index in [1.54, 1.807) is 18.2 Å². The van der Waals surface area contributed by atoms with E-state index in [0.29, 0.717) is 23.5 Å². The first-order chi connectivity index (χ1) is 21.2. The second kappa shape index (κ2) is 12.4. The number of aromatic nitrogens is 2. The number of nitrogens with one attached hydrogen (secondary N) is 4. The van der Waals surface area contributed by atoms with Crippen molar-refractivity contribution in [3.05, 3.63) is 59.3 Å². The van der Waals surface area contributed by atoms with Crippen molar-refractivity contribution in [3.63, 3.8) is 0 Å². The molecule has 0 unspecified atom stereocenters. The molecule has 4 N–H and O–H groups in total. The molecule has 6 rings (SSSR count). The molecule has 2 fully saturated rings. The van der Waals surface area contributed by atoms with Crippen LogP contribution >= 0.6 is 0 Å². The molecule has 234 valence electrons. The van der Waals surface area contributed by atoms with Gasteiger partial charge in [-0.15, -0.1) is 0 Å². The Balaban J connectivity index is 1.24. The highest BCUT2D eigenvalue weighted by Crippen LogP contribution is 2.38. The van der Waals surface area contributed by atoms with Gasteiger partial charge in [0.25, 0.3) is 5.91 Å². The van der Waals surface area contributed by atoms with Crippen molar-refractivity contribution in [2.45, 2.75) is 38.2 Å². The number of amides is 1. The van der Waals surface area contributed by atoms with E-state index in [1.165, 1.54) is 18.2 Å². The van der Waals surface area contributed by atoms with Gasteiger partial charge in [0.15, 0.2) is 5.75 Å². The molecule has 2 aromatic carbocycles. The van der Waals surface area contributed by atoms with Crippen LogP contribution in [0.25, 0.3) is 0 Å². The van der Waals surface area contributed by atoms with Gasteiger partial charge in [0, 0.05) is 69.8 Å². The second-order valence-electron chi connectivity index (χ2n) is 10.8. The quantitative estimate of drug-likeness (QED) is 0.268. The van der Waals surface area contributed by atoms with Gasteiger partial charge < -0.3 is 30.9 Å². The zero-order chi connectivity index (χ0) is 30.8. The number of carbonyl (C=O) groups excluding carboxylic acids is 1. The Bertz CT molecular complexity index is 1510. The molecule has 0 radical (unpaired) electrons. The first-order valence-electron chi connectivity index (χ1n) is 14.3. The maximum atomic E-state index is 13.9. The lowest BCUT2D eigenvalue weighted by atomic mass is 10.0. The third-order valence-electron chi connectivity index (χ3n) is 8.09. The predicted molar refractivity (Wildman–Crippen MR) is 154 cm³/mol. The maximum Gasteiger partial charge on any atom is 0.421 e. The number of carbonyl (C=O) groups is 1. The third kappa shape index (κ3) is 6.48. The van der Waals surface area contributed by atoms with Gasteiger partial charge in [-0.05, 0) is 36.6 Å². The summed E-state index contributed by atoms with van der Waals surface area (Å²) in [6.45, 7) is 2.54. The summed E-state index contributed by atoms with van der Waals surface area (Å²) in [5.41, 5.74) is 0.561. The van der Waals surface area contributed by atoms with Crippen molar-refractivity contribution in [1.29, 1.82) is 0 Å². The summed E-state index contributed by atoms with van der Waals surface area (Å²) >= 11 is 0. The normalized spacial score (nSPS) is 17.9. The van der Waals surface area contributed by atoms with Gasteiger partial charge in [0.1, 0.15) is 11.4 Å². The molecule has 3 aromatic rings. The molecular formula is C29H31F5N8O2. The summed E-state index contributed by atoms with van der Waals surface area (Å²) in [6, 6.07) is 9.97. The summed E-state index contributed by atoms with van der Waals surface area (Å²) in [5.74, 6) is -1.52. The average molecular weight is 619 g/mol. The van der Waals surface area contributed by atoms with Crippen LogP contribution in [0.1, 0.15) is 34.3 Å². The highest BCUT2D eigenvalue weighted by Gasteiger charge is 2.36. The van der Waals surface area contributed by atoms with E-state index in [1.807, 2.05) is 0 Å². The van der Waals surface area contributed by atoms with Crippen molar-refractivity contribution >= 4 is 34.7 Å². The third-order valence-corrected chi connectivity index (χ3v) is 8.09. The van der Waals surface area contributed by atoms with Crippen LogP contribution in [0.5, 0.6) is 5.75 Å². The molecule has 2 saturated heterocycles. The Labute approximate surface area is 250 Å². The molecule has 0 atom stereocenters. The maximum absolute atomic E-state index is 13.9. The Morgan fingerprint density at radius 1 is 1.00 bits per heavy atom. The predicted octanol–water partition coefficient (Wildman–Crippen LogP) is 4.70. The fraction of sp³-hybridized carbons (Fsp3) is 0.414. The Kier molecular flexibility index (Phi) is 8.40. The lowest BCUT2D eigenvalue weighted by molar-refractivity contribution is -0.137. The summed E-state index contributed by atoms with van der Waals surface area (Å²) < 4.78 is 73.3. The Morgan fingerprint density at radius 2 is 1.77 bits per heavy atom.